The maximum absolute atomic E-state index is 11.2. The number of nitrogens with one attached hydrogen (secondary N) is 2. The molecule has 22 heavy (non-hydrogen) atoms. The second kappa shape index (κ2) is 6.48. The molecule has 0 bridgehead atoms. The summed E-state index contributed by atoms with van der Waals surface area (Å²) in [5, 5.41) is 6.58. The number of rotatable bonds is 4. The minimum Gasteiger partial charge on any atom is -0.298 e. The molecule has 1 aromatic carbocycles. The summed E-state index contributed by atoms with van der Waals surface area (Å²) < 4.78 is 0. The summed E-state index contributed by atoms with van der Waals surface area (Å²) in [6, 6.07) is 8.70. The predicted octanol–water partition coefficient (Wildman–Crippen LogP) is 2.60. The second-order valence-electron chi connectivity index (χ2n) is 6.49. The Morgan fingerprint density at radius 2 is 2.18 bits per heavy atom. The van der Waals surface area contributed by atoms with Crippen molar-refractivity contribution < 1.29 is 0 Å². The summed E-state index contributed by atoms with van der Waals surface area (Å²) in [7, 11) is 0. The highest BCUT2D eigenvalue weighted by atomic mass is 16.1. The molecule has 1 saturated heterocycles. The van der Waals surface area contributed by atoms with Gasteiger partial charge in [-0.2, -0.15) is 5.10 Å². The van der Waals surface area contributed by atoms with Crippen molar-refractivity contribution in [3.8, 4) is 0 Å². The topological polar surface area (TPSA) is 64.8 Å². The summed E-state index contributed by atoms with van der Waals surface area (Å²) in [5.74, 6) is 1.66. The Morgan fingerprint density at radius 3 is 2.91 bits per heavy atom. The zero-order chi connectivity index (χ0) is 15.5. The molecule has 1 atom stereocenters. The fraction of sp³-hybridized carbons (Fsp3) is 0.529. The first-order valence-corrected chi connectivity index (χ1v) is 8.08. The van der Waals surface area contributed by atoms with Crippen LogP contribution in [0.2, 0.25) is 0 Å². The highest BCUT2D eigenvalue weighted by Gasteiger charge is 2.24. The van der Waals surface area contributed by atoms with E-state index in [1.54, 1.807) is 0 Å². The van der Waals surface area contributed by atoms with Crippen molar-refractivity contribution in [2.24, 2.45) is 0 Å². The Balaban J connectivity index is 1.72. The average molecular weight is 300 g/mol. The minimum absolute atomic E-state index is 0.211. The van der Waals surface area contributed by atoms with E-state index < -0.39 is 0 Å². The Labute approximate surface area is 130 Å². The molecule has 5 nitrogen and oxygen atoms in total. The summed E-state index contributed by atoms with van der Waals surface area (Å²) in [4.78, 5) is 16.5. The zero-order valence-corrected chi connectivity index (χ0v) is 13.3. The van der Waals surface area contributed by atoms with Crippen LogP contribution in [0.1, 0.15) is 55.5 Å². The van der Waals surface area contributed by atoms with E-state index in [1.165, 1.54) is 11.1 Å². The molecular formula is C17H24N4O. The highest BCUT2D eigenvalue weighted by molar-refractivity contribution is 5.29. The van der Waals surface area contributed by atoms with Crippen LogP contribution in [-0.2, 0) is 6.54 Å². The number of H-pyrrole nitrogens is 2. The molecule has 1 aromatic heterocycles. The molecule has 118 valence electrons. The van der Waals surface area contributed by atoms with Gasteiger partial charge in [-0.15, -0.1) is 0 Å². The maximum Gasteiger partial charge on any atom is 0.340 e. The molecule has 0 aliphatic carbocycles. The van der Waals surface area contributed by atoms with Crippen molar-refractivity contribution in [2.45, 2.75) is 45.1 Å². The minimum atomic E-state index is -0.211. The van der Waals surface area contributed by atoms with Gasteiger partial charge in [-0.3, -0.25) is 9.88 Å². The van der Waals surface area contributed by atoms with Crippen molar-refractivity contribution in [3.05, 3.63) is 51.7 Å². The lowest BCUT2D eigenvalue weighted by atomic mass is 9.94. The van der Waals surface area contributed by atoms with Crippen LogP contribution in [0.3, 0.4) is 0 Å². The first-order chi connectivity index (χ1) is 10.6. The van der Waals surface area contributed by atoms with Crippen LogP contribution in [-0.4, -0.2) is 33.2 Å². The van der Waals surface area contributed by atoms with E-state index >= 15 is 0 Å². The molecule has 3 rings (SSSR count). The maximum atomic E-state index is 11.2. The molecule has 0 amide bonds. The third-order valence-corrected chi connectivity index (χ3v) is 4.48. The molecule has 0 saturated carbocycles. The van der Waals surface area contributed by atoms with Crippen LogP contribution >= 0.6 is 0 Å². The number of hydrogen-bond donors (Lipinski definition) is 2. The van der Waals surface area contributed by atoms with Crippen molar-refractivity contribution in [1.82, 2.24) is 20.1 Å². The van der Waals surface area contributed by atoms with E-state index in [1.807, 2.05) is 0 Å². The average Bonchev–Trinajstić information content (AvgIpc) is 2.94. The standard InChI is InChI=1S/C17H24N4O/c1-12(2)15-8-4-3-6-13(15)10-21-9-5-7-14(11-21)16-18-17(22)20-19-16/h3-4,6,8,12,14H,5,7,9-11H2,1-2H3,(H2,18,19,20,22). The lowest BCUT2D eigenvalue weighted by Crippen LogP contribution is -2.34. The number of aromatic nitrogens is 3. The number of piperidine rings is 1. The third-order valence-electron chi connectivity index (χ3n) is 4.48. The number of benzene rings is 1. The van der Waals surface area contributed by atoms with Gasteiger partial charge >= 0.3 is 5.69 Å². The molecule has 1 aliphatic rings. The first kappa shape index (κ1) is 15.0. The molecule has 0 radical (unpaired) electrons. The van der Waals surface area contributed by atoms with Crippen LogP contribution in [0.25, 0.3) is 0 Å². The molecule has 5 heteroatoms. The van der Waals surface area contributed by atoms with Gasteiger partial charge in [0.25, 0.3) is 0 Å². The zero-order valence-electron chi connectivity index (χ0n) is 13.3. The summed E-state index contributed by atoms with van der Waals surface area (Å²) >= 11 is 0. The predicted molar refractivity (Wildman–Crippen MR) is 87.0 cm³/mol. The molecule has 1 unspecified atom stereocenters. The second-order valence-corrected chi connectivity index (χ2v) is 6.49. The number of likely N-dealkylation sites (tertiary alicyclic amines) is 1. The van der Waals surface area contributed by atoms with Crippen molar-refractivity contribution in [1.29, 1.82) is 0 Å². The molecule has 0 spiro atoms. The van der Waals surface area contributed by atoms with Crippen LogP contribution in [0.15, 0.2) is 29.1 Å². The normalized spacial score (nSPS) is 19.7. The Hall–Kier alpha value is -1.88. The lowest BCUT2D eigenvalue weighted by Gasteiger charge is -2.32. The molecule has 1 aliphatic heterocycles. The Kier molecular flexibility index (Phi) is 4.43. The molecule has 1 fully saturated rings. The van der Waals surface area contributed by atoms with Crippen LogP contribution < -0.4 is 5.69 Å². The van der Waals surface area contributed by atoms with Crippen LogP contribution in [0.5, 0.6) is 0 Å². The summed E-state index contributed by atoms with van der Waals surface area (Å²) in [6.45, 7) is 7.52. The third kappa shape index (κ3) is 3.30. The van der Waals surface area contributed by atoms with E-state index in [-0.39, 0.29) is 5.69 Å². The van der Waals surface area contributed by atoms with Crippen LogP contribution in [0.4, 0.5) is 0 Å². The van der Waals surface area contributed by atoms with Crippen molar-refractivity contribution >= 4 is 0 Å². The number of nitrogens with zero attached hydrogens (tertiary/aromatic N) is 2. The molecular weight excluding hydrogens is 276 g/mol. The van der Waals surface area contributed by atoms with Gasteiger partial charge in [-0.05, 0) is 36.4 Å². The molecule has 2 aromatic rings. The first-order valence-electron chi connectivity index (χ1n) is 8.08. The van der Waals surface area contributed by atoms with E-state index in [0.29, 0.717) is 11.8 Å². The SMILES string of the molecule is CC(C)c1ccccc1CN1CCCC(c2n[nH]c(=O)[nH]2)C1. The van der Waals surface area contributed by atoms with E-state index in [4.69, 9.17) is 0 Å². The quantitative estimate of drug-likeness (QED) is 0.912. The van der Waals surface area contributed by atoms with Crippen molar-refractivity contribution in [3.63, 3.8) is 0 Å². The fourth-order valence-corrected chi connectivity index (χ4v) is 3.38. The van der Waals surface area contributed by atoms with Gasteiger partial charge in [0, 0.05) is 19.0 Å². The molecule has 2 N–H and O–H groups in total. The van der Waals surface area contributed by atoms with E-state index in [9.17, 15) is 4.79 Å². The van der Waals surface area contributed by atoms with Gasteiger partial charge in [0.1, 0.15) is 5.82 Å². The van der Waals surface area contributed by atoms with Gasteiger partial charge < -0.3 is 0 Å². The van der Waals surface area contributed by atoms with Gasteiger partial charge in [0.05, 0.1) is 0 Å². The largest absolute Gasteiger partial charge is 0.340 e. The monoisotopic (exact) mass is 300 g/mol. The highest BCUT2D eigenvalue weighted by Crippen LogP contribution is 2.26. The van der Waals surface area contributed by atoms with Gasteiger partial charge in [0.2, 0.25) is 0 Å². The number of hydrogen-bond acceptors (Lipinski definition) is 3. The van der Waals surface area contributed by atoms with Gasteiger partial charge in [-0.1, -0.05) is 38.1 Å². The van der Waals surface area contributed by atoms with E-state index in [2.05, 4.69) is 58.2 Å². The Bertz CT molecular complexity index is 673. The lowest BCUT2D eigenvalue weighted by molar-refractivity contribution is 0.196. The van der Waals surface area contributed by atoms with Gasteiger partial charge in [0.15, 0.2) is 0 Å². The smallest absolute Gasteiger partial charge is 0.298 e. The summed E-state index contributed by atoms with van der Waals surface area (Å²) in [6.07, 6.45) is 2.23. The fourth-order valence-electron chi connectivity index (χ4n) is 3.38. The molecule has 2 heterocycles. The van der Waals surface area contributed by atoms with E-state index in [0.717, 1.165) is 38.3 Å². The summed E-state index contributed by atoms with van der Waals surface area (Å²) in [5.41, 5.74) is 2.63. The Morgan fingerprint density at radius 1 is 1.36 bits per heavy atom. The number of aromatic amines is 2. The van der Waals surface area contributed by atoms with Gasteiger partial charge in [-0.25, -0.2) is 9.89 Å². The van der Waals surface area contributed by atoms with Crippen LogP contribution in [0, 0.1) is 0 Å². The van der Waals surface area contributed by atoms with Crippen molar-refractivity contribution in [2.75, 3.05) is 13.1 Å².